The molecule has 0 spiro atoms. The predicted molar refractivity (Wildman–Crippen MR) is 99.6 cm³/mol. The van der Waals surface area contributed by atoms with Crippen molar-refractivity contribution in [3.8, 4) is 0 Å². The Hall–Kier alpha value is -1.92. The molecule has 2 fully saturated rings. The molecule has 4 N–H and O–H groups in total. The van der Waals surface area contributed by atoms with Crippen molar-refractivity contribution in [1.82, 2.24) is 0 Å². The van der Waals surface area contributed by atoms with Gasteiger partial charge in [-0.1, -0.05) is 12.1 Å². The zero-order valence-electron chi connectivity index (χ0n) is 15.0. The number of amides is 2. The van der Waals surface area contributed by atoms with E-state index in [1.54, 1.807) is 12.1 Å². The summed E-state index contributed by atoms with van der Waals surface area (Å²) in [6, 6.07) is 7.23. The topological polar surface area (TPSA) is 98.7 Å². The quantitative estimate of drug-likeness (QED) is 0.663. The molecule has 0 radical (unpaired) electrons. The number of aliphatic hydroxyl groups is 2. The van der Waals surface area contributed by atoms with Crippen molar-refractivity contribution in [2.24, 2.45) is 11.8 Å². The van der Waals surface area contributed by atoms with Crippen molar-refractivity contribution in [3.63, 3.8) is 0 Å². The molecule has 6 heteroatoms. The molecule has 2 aliphatic carbocycles. The van der Waals surface area contributed by atoms with Gasteiger partial charge in [-0.3, -0.25) is 9.59 Å². The standard InChI is InChI=1S/C20H28N2O4/c23-15-9-5-13(6-10-15)19(25)21-17-3-1-2-4-18(17)22-20(26)14-7-11-16(24)12-8-14/h1-4,13-16,23-24H,5-12H2,(H,21,25)(H,22,26). The first-order valence-electron chi connectivity index (χ1n) is 9.60. The van der Waals surface area contributed by atoms with Crippen LogP contribution in [0.5, 0.6) is 0 Å². The normalized spacial score (nSPS) is 29.0. The number of carbonyl (C=O) groups excluding carboxylic acids is 2. The second-order valence-corrected chi connectivity index (χ2v) is 7.53. The van der Waals surface area contributed by atoms with E-state index >= 15 is 0 Å². The number of para-hydroxylation sites is 2. The Morgan fingerprint density at radius 2 is 1.04 bits per heavy atom. The van der Waals surface area contributed by atoms with Crippen LogP contribution in [0.25, 0.3) is 0 Å². The van der Waals surface area contributed by atoms with E-state index < -0.39 is 0 Å². The molecule has 142 valence electrons. The van der Waals surface area contributed by atoms with Gasteiger partial charge in [-0.15, -0.1) is 0 Å². The predicted octanol–water partition coefficient (Wildman–Crippen LogP) is 2.67. The summed E-state index contributed by atoms with van der Waals surface area (Å²) in [5.74, 6) is -0.303. The van der Waals surface area contributed by atoms with E-state index in [9.17, 15) is 19.8 Å². The highest BCUT2D eigenvalue weighted by Gasteiger charge is 2.27. The van der Waals surface area contributed by atoms with Crippen LogP contribution in [0.1, 0.15) is 51.4 Å². The third-order valence-electron chi connectivity index (χ3n) is 5.58. The van der Waals surface area contributed by atoms with Crippen LogP contribution in [0.4, 0.5) is 11.4 Å². The molecule has 0 unspecified atom stereocenters. The van der Waals surface area contributed by atoms with E-state index in [0.29, 0.717) is 62.7 Å². The van der Waals surface area contributed by atoms with E-state index in [2.05, 4.69) is 10.6 Å². The van der Waals surface area contributed by atoms with Crippen LogP contribution in [0.3, 0.4) is 0 Å². The Balaban J connectivity index is 1.61. The summed E-state index contributed by atoms with van der Waals surface area (Å²) in [6.45, 7) is 0. The van der Waals surface area contributed by atoms with Crippen LogP contribution in [-0.4, -0.2) is 34.2 Å². The Labute approximate surface area is 154 Å². The van der Waals surface area contributed by atoms with E-state index in [-0.39, 0.29) is 35.9 Å². The molecule has 0 atom stereocenters. The van der Waals surface area contributed by atoms with E-state index in [1.807, 2.05) is 12.1 Å². The molecule has 6 nitrogen and oxygen atoms in total. The molecule has 0 aliphatic heterocycles. The van der Waals surface area contributed by atoms with Crippen LogP contribution >= 0.6 is 0 Å². The maximum atomic E-state index is 12.5. The minimum Gasteiger partial charge on any atom is -0.393 e. The molecule has 2 amide bonds. The van der Waals surface area contributed by atoms with Gasteiger partial charge in [0.15, 0.2) is 0 Å². The number of aliphatic hydroxyl groups excluding tert-OH is 2. The zero-order valence-corrected chi connectivity index (χ0v) is 15.0. The fraction of sp³-hybridized carbons (Fsp3) is 0.600. The molecule has 26 heavy (non-hydrogen) atoms. The van der Waals surface area contributed by atoms with Gasteiger partial charge in [0, 0.05) is 11.8 Å². The van der Waals surface area contributed by atoms with Crippen LogP contribution < -0.4 is 10.6 Å². The Bertz CT molecular complexity index is 577. The maximum Gasteiger partial charge on any atom is 0.227 e. The second kappa shape index (κ2) is 8.64. The SMILES string of the molecule is O=C(Nc1ccccc1NC(=O)C1CCC(O)CC1)C1CCC(O)CC1. The third-order valence-corrected chi connectivity index (χ3v) is 5.58. The van der Waals surface area contributed by atoms with Crippen LogP contribution in [0.2, 0.25) is 0 Å². The fourth-order valence-corrected chi connectivity index (χ4v) is 3.85. The van der Waals surface area contributed by atoms with Crippen molar-refractivity contribution < 1.29 is 19.8 Å². The van der Waals surface area contributed by atoms with Gasteiger partial charge < -0.3 is 20.8 Å². The molecule has 1 aromatic rings. The largest absolute Gasteiger partial charge is 0.393 e. The van der Waals surface area contributed by atoms with Gasteiger partial charge in [0.25, 0.3) is 0 Å². The van der Waals surface area contributed by atoms with E-state index in [0.717, 1.165) is 0 Å². The monoisotopic (exact) mass is 360 g/mol. The van der Waals surface area contributed by atoms with Crippen LogP contribution in [0, 0.1) is 11.8 Å². The highest BCUT2D eigenvalue weighted by molar-refractivity contribution is 6.00. The van der Waals surface area contributed by atoms with Gasteiger partial charge >= 0.3 is 0 Å². The highest BCUT2D eigenvalue weighted by atomic mass is 16.3. The minimum atomic E-state index is -0.292. The molecule has 2 aliphatic rings. The lowest BCUT2D eigenvalue weighted by atomic mass is 9.86. The zero-order chi connectivity index (χ0) is 18.5. The second-order valence-electron chi connectivity index (χ2n) is 7.53. The lowest BCUT2D eigenvalue weighted by Gasteiger charge is -2.26. The average molecular weight is 360 g/mol. The molecule has 0 heterocycles. The lowest BCUT2D eigenvalue weighted by molar-refractivity contribution is -0.122. The number of anilines is 2. The molecular weight excluding hydrogens is 332 g/mol. The fourth-order valence-electron chi connectivity index (χ4n) is 3.85. The van der Waals surface area contributed by atoms with Gasteiger partial charge in [0.05, 0.1) is 23.6 Å². The van der Waals surface area contributed by atoms with E-state index in [1.165, 1.54) is 0 Å². The molecule has 1 aromatic carbocycles. The number of hydrogen-bond donors (Lipinski definition) is 4. The molecule has 3 rings (SSSR count). The minimum absolute atomic E-state index is 0.0561. The number of rotatable bonds is 4. The summed E-state index contributed by atoms with van der Waals surface area (Å²) < 4.78 is 0. The Morgan fingerprint density at radius 1 is 0.692 bits per heavy atom. The Kier molecular flexibility index (Phi) is 6.27. The summed E-state index contributed by atoms with van der Waals surface area (Å²) in [5.41, 5.74) is 1.21. The van der Waals surface area contributed by atoms with Crippen molar-refractivity contribution in [2.45, 2.75) is 63.6 Å². The summed E-state index contributed by atoms with van der Waals surface area (Å²) in [5, 5.41) is 25.0. The summed E-state index contributed by atoms with van der Waals surface area (Å²) in [7, 11) is 0. The number of nitrogens with one attached hydrogen (secondary N) is 2. The van der Waals surface area contributed by atoms with E-state index in [4.69, 9.17) is 0 Å². The first-order chi connectivity index (χ1) is 12.5. The number of hydrogen-bond acceptors (Lipinski definition) is 4. The molecule has 0 bridgehead atoms. The first-order valence-corrected chi connectivity index (χ1v) is 9.60. The van der Waals surface area contributed by atoms with Crippen LogP contribution in [-0.2, 0) is 9.59 Å². The number of carbonyl (C=O) groups is 2. The Morgan fingerprint density at radius 3 is 1.38 bits per heavy atom. The van der Waals surface area contributed by atoms with Gasteiger partial charge in [-0.2, -0.15) is 0 Å². The molecule has 0 aromatic heterocycles. The van der Waals surface area contributed by atoms with Crippen molar-refractivity contribution >= 4 is 23.2 Å². The third kappa shape index (κ3) is 4.83. The summed E-state index contributed by atoms with van der Waals surface area (Å²) in [6.07, 6.45) is 4.79. The van der Waals surface area contributed by atoms with Gasteiger partial charge in [-0.05, 0) is 63.5 Å². The number of benzene rings is 1. The van der Waals surface area contributed by atoms with Gasteiger partial charge in [0.1, 0.15) is 0 Å². The van der Waals surface area contributed by atoms with Crippen molar-refractivity contribution in [3.05, 3.63) is 24.3 Å². The van der Waals surface area contributed by atoms with Gasteiger partial charge in [-0.25, -0.2) is 0 Å². The smallest absolute Gasteiger partial charge is 0.227 e. The average Bonchev–Trinajstić information content (AvgIpc) is 2.64. The first kappa shape index (κ1) is 18.9. The lowest BCUT2D eigenvalue weighted by Crippen LogP contribution is -2.30. The van der Waals surface area contributed by atoms with Gasteiger partial charge in [0.2, 0.25) is 11.8 Å². The van der Waals surface area contributed by atoms with Crippen LogP contribution in [0.15, 0.2) is 24.3 Å². The highest BCUT2D eigenvalue weighted by Crippen LogP contribution is 2.29. The maximum absolute atomic E-state index is 12.5. The summed E-state index contributed by atoms with van der Waals surface area (Å²) >= 11 is 0. The molecular formula is C20H28N2O4. The van der Waals surface area contributed by atoms with Crippen molar-refractivity contribution in [1.29, 1.82) is 0 Å². The molecule has 2 saturated carbocycles. The molecule has 0 saturated heterocycles. The summed E-state index contributed by atoms with van der Waals surface area (Å²) in [4.78, 5) is 25.0. The van der Waals surface area contributed by atoms with Crippen molar-refractivity contribution in [2.75, 3.05) is 10.6 Å².